The maximum absolute atomic E-state index is 12.2. The average Bonchev–Trinajstić information content (AvgIpc) is 3.06. The third-order valence-electron chi connectivity index (χ3n) is 4.58. The first-order valence-electron chi connectivity index (χ1n) is 8.33. The van der Waals surface area contributed by atoms with Crippen LogP contribution in [-0.4, -0.2) is 41.9 Å². The number of carbonyl (C=O) groups is 2. The summed E-state index contributed by atoms with van der Waals surface area (Å²) >= 11 is 1.65. The lowest BCUT2D eigenvalue weighted by molar-refractivity contribution is -0.131. The molecule has 1 aromatic heterocycles. The standard InChI is InChI=1S/C17H27N3O2S/c1-4-14-11-20(13(3)21)8-7-16(14)19-12(2)17(22)18-10-15-6-5-9-23-15/h5-6,9,12,14,16,19H,4,7-8,10-11H2,1-3H3,(H,18,22). The largest absolute Gasteiger partial charge is 0.350 e. The number of carbonyl (C=O) groups excluding carboxylic acids is 2. The van der Waals surface area contributed by atoms with Crippen molar-refractivity contribution in [3.05, 3.63) is 22.4 Å². The molecular weight excluding hydrogens is 310 g/mol. The van der Waals surface area contributed by atoms with Gasteiger partial charge in [-0.25, -0.2) is 0 Å². The third-order valence-corrected chi connectivity index (χ3v) is 5.45. The van der Waals surface area contributed by atoms with Gasteiger partial charge in [0.1, 0.15) is 0 Å². The van der Waals surface area contributed by atoms with Crippen LogP contribution in [0.2, 0.25) is 0 Å². The molecule has 23 heavy (non-hydrogen) atoms. The molecule has 1 aliphatic heterocycles. The molecule has 3 unspecified atom stereocenters. The first-order chi connectivity index (χ1) is 11.0. The molecule has 1 fully saturated rings. The van der Waals surface area contributed by atoms with E-state index in [4.69, 9.17) is 0 Å². The SMILES string of the molecule is CCC1CN(C(C)=O)CCC1NC(C)C(=O)NCc1cccs1. The highest BCUT2D eigenvalue weighted by Crippen LogP contribution is 2.21. The van der Waals surface area contributed by atoms with Crippen molar-refractivity contribution >= 4 is 23.2 Å². The number of thiophene rings is 1. The zero-order valence-corrected chi connectivity index (χ0v) is 15.0. The van der Waals surface area contributed by atoms with Crippen LogP contribution in [0, 0.1) is 5.92 Å². The molecule has 0 bridgehead atoms. The van der Waals surface area contributed by atoms with Crippen LogP contribution < -0.4 is 10.6 Å². The van der Waals surface area contributed by atoms with Crippen molar-refractivity contribution in [2.24, 2.45) is 5.92 Å². The Balaban J connectivity index is 1.82. The predicted molar refractivity (Wildman–Crippen MR) is 93.2 cm³/mol. The van der Waals surface area contributed by atoms with Crippen LogP contribution in [0.25, 0.3) is 0 Å². The summed E-state index contributed by atoms with van der Waals surface area (Å²) in [6.45, 7) is 7.82. The molecule has 128 valence electrons. The molecule has 0 saturated carbocycles. The van der Waals surface area contributed by atoms with Gasteiger partial charge in [0.2, 0.25) is 11.8 Å². The van der Waals surface area contributed by atoms with Gasteiger partial charge in [-0.3, -0.25) is 9.59 Å². The molecule has 1 aromatic rings. The smallest absolute Gasteiger partial charge is 0.237 e. The van der Waals surface area contributed by atoms with Gasteiger partial charge in [-0.1, -0.05) is 19.4 Å². The van der Waals surface area contributed by atoms with Crippen molar-refractivity contribution in [2.45, 2.75) is 52.2 Å². The highest BCUT2D eigenvalue weighted by atomic mass is 32.1. The van der Waals surface area contributed by atoms with Crippen molar-refractivity contribution in [2.75, 3.05) is 13.1 Å². The fraction of sp³-hybridized carbons (Fsp3) is 0.647. The molecule has 5 nitrogen and oxygen atoms in total. The average molecular weight is 337 g/mol. The molecule has 1 saturated heterocycles. The molecule has 2 N–H and O–H groups in total. The lowest BCUT2D eigenvalue weighted by Gasteiger charge is -2.39. The van der Waals surface area contributed by atoms with E-state index >= 15 is 0 Å². The molecule has 6 heteroatoms. The zero-order chi connectivity index (χ0) is 16.8. The third kappa shape index (κ3) is 5.04. The highest BCUT2D eigenvalue weighted by Gasteiger charge is 2.30. The van der Waals surface area contributed by atoms with E-state index in [0.717, 1.165) is 30.8 Å². The van der Waals surface area contributed by atoms with Crippen LogP contribution in [-0.2, 0) is 16.1 Å². The van der Waals surface area contributed by atoms with Crippen LogP contribution in [0.5, 0.6) is 0 Å². The molecule has 0 spiro atoms. The van der Waals surface area contributed by atoms with Gasteiger partial charge in [-0.05, 0) is 30.7 Å². The van der Waals surface area contributed by atoms with Crippen molar-refractivity contribution < 1.29 is 9.59 Å². The van der Waals surface area contributed by atoms with Gasteiger partial charge in [0.25, 0.3) is 0 Å². The zero-order valence-electron chi connectivity index (χ0n) is 14.2. The van der Waals surface area contributed by atoms with E-state index in [9.17, 15) is 9.59 Å². The summed E-state index contributed by atoms with van der Waals surface area (Å²) < 4.78 is 0. The molecule has 2 amide bonds. The Morgan fingerprint density at radius 1 is 1.48 bits per heavy atom. The van der Waals surface area contributed by atoms with Crippen molar-refractivity contribution in [1.29, 1.82) is 0 Å². The van der Waals surface area contributed by atoms with E-state index in [0.29, 0.717) is 12.5 Å². The minimum Gasteiger partial charge on any atom is -0.350 e. The predicted octanol–water partition coefficient (Wildman–Crippen LogP) is 1.99. The van der Waals surface area contributed by atoms with Crippen LogP contribution in [0.1, 0.15) is 38.5 Å². The van der Waals surface area contributed by atoms with E-state index in [-0.39, 0.29) is 23.9 Å². The Hall–Kier alpha value is -1.40. The number of nitrogens with one attached hydrogen (secondary N) is 2. The minimum atomic E-state index is -0.224. The summed E-state index contributed by atoms with van der Waals surface area (Å²) in [5, 5.41) is 8.45. The van der Waals surface area contributed by atoms with Crippen LogP contribution in [0.15, 0.2) is 17.5 Å². The Labute approximate surface area is 142 Å². The summed E-state index contributed by atoms with van der Waals surface area (Å²) in [6.07, 6.45) is 1.91. The summed E-state index contributed by atoms with van der Waals surface area (Å²) in [5.41, 5.74) is 0. The molecule has 0 aliphatic carbocycles. The van der Waals surface area contributed by atoms with Crippen molar-refractivity contribution in [3.8, 4) is 0 Å². The van der Waals surface area contributed by atoms with Crippen LogP contribution in [0.3, 0.4) is 0 Å². The Morgan fingerprint density at radius 3 is 2.87 bits per heavy atom. The van der Waals surface area contributed by atoms with Gasteiger partial charge >= 0.3 is 0 Å². The van der Waals surface area contributed by atoms with Gasteiger partial charge in [-0.2, -0.15) is 0 Å². The monoisotopic (exact) mass is 337 g/mol. The lowest BCUT2D eigenvalue weighted by Crippen LogP contribution is -2.55. The molecule has 0 aromatic carbocycles. The van der Waals surface area contributed by atoms with E-state index in [1.165, 1.54) is 0 Å². The van der Waals surface area contributed by atoms with Crippen molar-refractivity contribution in [3.63, 3.8) is 0 Å². The topological polar surface area (TPSA) is 61.4 Å². The minimum absolute atomic E-state index is 0.0299. The molecule has 3 atom stereocenters. The first-order valence-corrected chi connectivity index (χ1v) is 9.20. The Kier molecular flexibility index (Phi) is 6.59. The molecular formula is C17H27N3O2S. The fourth-order valence-electron chi connectivity index (χ4n) is 3.09. The number of likely N-dealkylation sites (tertiary alicyclic amines) is 1. The number of rotatable bonds is 6. The van der Waals surface area contributed by atoms with E-state index < -0.39 is 0 Å². The molecule has 2 rings (SSSR count). The second-order valence-corrected chi connectivity index (χ2v) is 7.25. The Morgan fingerprint density at radius 2 is 2.26 bits per heavy atom. The van der Waals surface area contributed by atoms with Gasteiger partial charge < -0.3 is 15.5 Å². The van der Waals surface area contributed by atoms with E-state index in [1.54, 1.807) is 18.3 Å². The number of hydrogen-bond donors (Lipinski definition) is 2. The van der Waals surface area contributed by atoms with Gasteiger partial charge in [0.05, 0.1) is 12.6 Å². The number of hydrogen-bond acceptors (Lipinski definition) is 4. The Bertz CT molecular complexity index is 518. The molecule has 1 aliphatic rings. The van der Waals surface area contributed by atoms with Crippen molar-refractivity contribution in [1.82, 2.24) is 15.5 Å². The van der Waals surface area contributed by atoms with Crippen LogP contribution >= 0.6 is 11.3 Å². The van der Waals surface area contributed by atoms with Gasteiger partial charge in [0.15, 0.2) is 0 Å². The molecule has 0 radical (unpaired) electrons. The lowest BCUT2D eigenvalue weighted by atomic mass is 9.89. The second kappa shape index (κ2) is 8.45. The van der Waals surface area contributed by atoms with Gasteiger partial charge in [0, 0.05) is 30.9 Å². The van der Waals surface area contributed by atoms with E-state index in [1.807, 2.05) is 29.3 Å². The molecule has 2 heterocycles. The van der Waals surface area contributed by atoms with Crippen LogP contribution in [0.4, 0.5) is 0 Å². The summed E-state index contributed by atoms with van der Waals surface area (Å²) in [6, 6.07) is 4.08. The first kappa shape index (κ1) is 17.9. The number of amides is 2. The second-order valence-electron chi connectivity index (χ2n) is 6.21. The number of piperidine rings is 1. The number of nitrogens with zero attached hydrogens (tertiary/aromatic N) is 1. The highest BCUT2D eigenvalue weighted by molar-refractivity contribution is 7.09. The quantitative estimate of drug-likeness (QED) is 0.834. The summed E-state index contributed by atoms with van der Waals surface area (Å²) in [5.74, 6) is 0.575. The maximum atomic E-state index is 12.2. The van der Waals surface area contributed by atoms with E-state index in [2.05, 4.69) is 17.6 Å². The van der Waals surface area contributed by atoms with Gasteiger partial charge in [-0.15, -0.1) is 11.3 Å². The summed E-state index contributed by atoms with van der Waals surface area (Å²) in [4.78, 5) is 26.9. The maximum Gasteiger partial charge on any atom is 0.237 e. The summed E-state index contributed by atoms with van der Waals surface area (Å²) in [7, 11) is 0. The fourth-order valence-corrected chi connectivity index (χ4v) is 3.73. The normalized spacial score (nSPS) is 22.7.